The highest BCUT2D eigenvalue weighted by molar-refractivity contribution is 7.92. The average molecular weight is 542 g/mol. The summed E-state index contributed by atoms with van der Waals surface area (Å²) in [7, 11) is -4.01. The zero-order valence-electron chi connectivity index (χ0n) is 20.6. The first-order valence-corrected chi connectivity index (χ1v) is 14.4. The van der Waals surface area contributed by atoms with Crippen molar-refractivity contribution in [1.29, 1.82) is 0 Å². The van der Waals surface area contributed by atoms with Gasteiger partial charge in [-0.3, -0.25) is 10.0 Å². The Morgan fingerprint density at radius 1 is 1.06 bits per heavy atom. The third-order valence-corrected chi connectivity index (χ3v) is 8.53. The molecular formula is C26H34Cl2N2O4S. The van der Waals surface area contributed by atoms with Crippen molar-refractivity contribution >= 4 is 38.9 Å². The summed E-state index contributed by atoms with van der Waals surface area (Å²) in [5.41, 5.74) is 1.05. The van der Waals surface area contributed by atoms with E-state index in [4.69, 9.17) is 32.7 Å². The number of ether oxygens (including phenoxy) is 2. The lowest BCUT2D eigenvalue weighted by atomic mass is 9.82. The number of hydrogen-bond acceptors (Lipinski definition) is 5. The van der Waals surface area contributed by atoms with E-state index in [0.717, 1.165) is 12.8 Å². The number of halogens is 2. The minimum atomic E-state index is -4.01. The molecule has 4 rings (SSSR count). The maximum absolute atomic E-state index is 13.4. The molecule has 0 bridgehead atoms. The van der Waals surface area contributed by atoms with Crippen LogP contribution in [0.1, 0.15) is 58.7 Å². The van der Waals surface area contributed by atoms with Gasteiger partial charge in [0, 0.05) is 21.7 Å². The van der Waals surface area contributed by atoms with Gasteiger partial charge in [-0.2, -0.15) is 0 Å². The molecule has 9 heteroatoms. The van der Waals surface area contributed by atoms with Crippen LogP contribution in [-0.4, -0.2) is 27.2 Å². The maximum atomic E-state index is 13.4. The molecule has 2 aromatic rings. The van der Waals surface area contributed by atoms with E-state index in [1.165, 1.54) is 24.6 Å². The van der Waals surface area contributed by atoms with Crippen LogP contribution in [-0.2, 0) is 14.8 Å². The van der Waals surface area contributed by atoms with Gasteiger partial charge in [0.15, 0.2) is 0 Å². The predicted molar refractivity (Wildman–Crippen MR) is 141 cm³/mol. The van der Waals surface area contributed by atoms with E-state index in [1.807, 2.05) is 18.2 Å². The molecule has 2 fully saturated rings. The summed E-state index contributed by atoms with van der Waals surface area (Å²) in [6.45, 7) is 9.26. The van der Waals surface area contributed by atoms with Crippen molar-refractivity contribution in [2.24, 2.45) is 17.8 Å². The lowest BCUT2D eigenvalue weighted by Crippen LogP contribution is -2.31. The first-order chi connectivity index (χ1) is 16.5. The van der Waals surface area contributed by atoms with E-state index in [1.54, 1.807) is 0 Å². The van der Waals surface area contributed by atoms with Gasteiger partial charge < -0.3 is 9.47 Å². The van der Waals surface area contributed by atoms with Gasteiger partial charge in [0.1, 0.15) is 12.0 Å². The van der Waals surface area contributed by atoms with Crippen LogP contribution in [0.3, 0.4) is 0 Å². The van der Waals surface area contributed by atoms with Gasteiger partial charge in [0.2, 0.25) is 0 Å². The summed E-state index contributed by atoms with van der Waals surface area (Å²) in [6, 6.07) is 9.97. The van der Waals surface area contributed by atoms with E-state index < -0.39 is 16.3 Å². The fraction of sp³-hybridized carbons (Fsp3) is 0.538. The van der Waals surface area contributed by atoms with E-state index in [9.17, 15) is 8.42 Å². The predicted octanol–water partition coefficient (Wildman–Crippen LogP) is 6.64. The summed E-state index contributed by atoms with van der Waals surface area (Å²) < 4.78 is 42.2. The second kappa shape index (κ2) is 10.9. The minimum Gasteiger partial charge on any atom is -0.488 e. The third kappa shape index (κ3) is 6.44. The van der Waals surface area contributed by atoms with E-state index in [2.05, 4.69) is 37.7 Å². The summed E-state index contributed by atoms with van der Waals surface area (Å²) in [4.78, 5) is -0.0176. The van der Waals surface area contributed by atoms with Crippen molar-refractivity contribution in [3.63, 3.8) is 0 Å². The number of hydrogen-bond donors (Lipinski definition) is 2. The average Bonchev–Trinajstić information content (AvgIpc) is 3.24. The fourth-order valence-electron chi connectivity index (χ4n) is 5.05. The zero-order chi connectivity index (χ0) is 25.3. The highest BCUT2D eigenvalue weighted by atomic mass is 35.5. The van der Waals surface area contributed by atoms with E-state index in [0.29, 0.717) is 41.4 Å². The molecule has 1 saturated carbocycles. The minimum absolute atomic E-state index is 0.00809. The van der Waals surface area contributed by atoms with Crippen LogP contribution in [0.5, 0.6) is 5.75 Å². The molecule has 0 spiro atoms. The van der Waals surface area contributed by atoms with Gasteiger partial charge in [0.05, 0.1) is 23.3 Å². The van der Waals surface area contributed by atoms with Gasteiger partial charge in [-0.1, -0.05) is 63.0 Å². The Labute approximate surface area is 218 Å². The van der Waals surface area contributed by atoms with Gasteiger partial charge in [-0.15, -0.1) is 0 Å². The van der Waals surface area contributed by atoms with Crippen molar-refractivity contribution in [2.75, 3.05) is 11.3 Å². The summed E-state index contributed by atoms with van der Waals surface area (Å²) >= 11 is 12.2. The Hall–Kier alpha value is -1.51. The first-order valence-electron chi connectivity index (χ1n) is 12.2. The molecule has 0 radical (unpaired) electrons. The van der Waals surface area contributed by atoms with Crippen molar-refractivity contribution in [1.82, 2.24) is 5.32 Å². The summed E-state index contributed by atoms with van der Waals surface area (Å²) in [5.74, 6) is 1.96. The Balaban J connectivity index is 1.71. The normalized spacial score (nSPS) is 27.2. The second-order valence-corrected chi connectivity index (χ2v) is 12.9. The maximum Gasteiger partial charge on any atom is 0.262 e. The molecule has 2 aromatic carbocycles. The molecule has 5 atom stereocenters. The second-order valence-electron chi connectivity index (χ2n) is 10.3. The fourth-order valence-corrected chi connectivity index (χ4v) is 6.88. The number of benzene rings is 2. The van der Waals surface area contributed by atoms with Crippen molar-refractivity contribution < 1.29 is 17.9 Å². The van der Waals surface area contributed by atoms with Gasteiger partial charge >= 0.3 is 0 Å². The highest BCUT2D eigenvalue weighted by Crippen LogP contribution is 2.40. The van der Waals surface area contributed by atoms with Gasteiger partial charge in [0.25, 0.3) is 10.0 Å². The molecule has 1 aliphatic heterocycles. The zero-order valence-corrected chi connectivity index (χ0v) is 22.9. The largest absolute Gasteiger partial charge is 0.488 e. The quantitative estimate of drug-likeness (QED) is 0.411. The van der Waals surface area contributed by atoms with Crippen molar-refractivity contribution in [2.45, 2.75) is 70.2 Å². The van der Waals surface area contributed by atoms with Crippen molar-refractivity contribution in [3.05, 3.63) is 52.0 Å². The Morgan fingerprint density at radius 3 is 2.31 bits per heavy atom. The topological polar surface area (TPSA) is 76.7 Å². The molecule has 0 amide bonds. The molecule has 1 saturated heterocycles. The van der Waals surface area contributed by atoms with Crippen LogP contribution in [0.4, 0.5) is 5.69 Å². The van der Waals surface area contributed by atoms with Crippen LogP contribution in [0.15, 0.2) is 41.3 Å². The third-order valence-electron chi connectivity index (χ3n) is 6.77. The Kier molecular flexibility index (Phi) is 8.23. The molecule has 1 heterocycles. The Morgan fingerprint density at radius 2 is 1.71 bits per heavy atom. The molecule has 6 nitrogen and oxygen atoms in total. The number of para-hydroxylation sites is 1. The molecule has 2 aliphatic rings. The highest BCUT2D eigenvalue weighted by Gasteiger charge is 2.33. The van der Waals surface area contributed by atoms with Crippen LogP contribution >= 0.6 is 23.2 Å². The number of sulfonamides is 1. The smallest absolute Gasteiger partial charge is 0.262 e. The van der Waals surface area contributed by atoms with E-state index in [-0.39, 0.29) is 27.1 Å². The molecule has 192 valence electrons. The number of nitrogens with one attached hydrogen (secondary N) is 2. The molecule has 1 aliphatic carbocycles. The molecular weight excluding hydrogens is 507 g/mol. The molecule has 1 unspecified atom stereocenters. The van der Waals surface area contributed by atoms with Gasteiger partial charge in [-0.05, 0) is 61.3 Å². The lowest BCUT2D eigenvalue weighted by molar-refractivity contribution is 0.0957. The van der Waals surface area contributed by atoms with Crippen LogP contribution in [0, 0.1) is 17.8 Å². The van der Waals surface area contributed by atoms with E-state index >= 15 is 0 Å². The summed E-state index contributed by atoms with van der Waals surface area (Å²) in [6.07, 6.45) is 2.58. The van der Waals surface area contributed by atoms with Crippen LogP contribution < -0.4 is 14.8 Å². The monoisotopic (exact) mass is 540 g/mol. The van der Waals surface area contributed by atoms with Crippen molar-refractivity contribution in [3.8, 4) is 5.75 Å². The van der Waals surface area contributed by atoms with Crippen LogP contribution in [0.2, 0.25) is 10.0 Å². The van der Waals surface area contributed by atoms with Gasteiger partial charge in [-0.25, -0.2) is 8.42 Å². The number of rotatable bonds is 7. The number of anilines is 1. The van der Waals surface area contributed by atoms with Crippen LogP contribution in [0.25, 0.3) is 0 Å². The Bertz CT molecular complexity index is 1130. The molecule has 2 N–H and O–H groups in total. The first kappa shape index (κ1) is 26.6. The molecule has 0 aromatic heterocycles. The lowest BCUT2D eigenvalue weighted by Gasteiger charge is -2.32. The molecule has 35 heavy (non-hydrogen) atoms. The standard InChI is InChI=1S/C26H34Cl2N2O4S/c1-15(2)23-14-33-26(29-23)22-6-5-7-24(34-20-9-16(3)8-17(4)10-20)25(22)30-35(31,32)21-12-18(27)11-19(28)13-21/h5-7,11-13,15-17,20,23,26,29-30H,8-10,14H2,1-4H3/t16-,17+,20-,23-,26?/m0/s1. The summed E-state index contributed by atoms with van der Waals surface area (Å²) in [5, 5.41) is 3.97. The SMILES string of the molecule is CC(C)[C@@H]1COC(c2cccc(O[C@@H]3C[C@H](C)C[C@H](C)C3)c2NS(=O)(=O)c2cc(Cl)cc(Cl)c2)N1.